The molecule has 0 radical (unpaired) electrons. The summed E-state index contributed by atoms with van der Waals surface area (Å²) < 4.78 is 149. The number of ether oxygens (including phenoxy) is 1. The van der Waals surface area contributed by atoms with Gasteiger partial charge in [0.2, 0.25) is 11.6 Å². The molecule has 0 saturated carbocycles. The van der Waals surface area contributed by atoms with Gasteiger partial charge >= 0.3 is 15.5 Å². The molecule has 1 N–H and O–H groups in total. The summed E-state index contributed by atoms with van der Waals surface area (Å²) in [4.78, 5) is 6.01. The predicted octanol–water partition coefficient (Wildman–Crippen LogP) is 8.46. The van der Waals surface area contributed by atoms with Gasteiger partial charge in [0.15, 0.2) is 22.3 Å². The van der Waals surface area contributed by atoms with Crippen LogP contribution in [0.4, 0.5) is 42.1 Å². The average molecular weight is 853 g/mol. The zero-order valence-electron chi connectivity index (χ0n) is 31.7. The van der Waals surface area contributed by atoms with Crippen LogP contribution in [-0.2, 0) is 20.0 Å². The van der Waals surface area contributed by atoms with Crippen molar-refractivity contribution in [2.24, 2.45) is 4.99 Å². The molecule has 0 saturated heterocycles. The van der Waals surface area contributed by atoms with Crippen molar-refractivity contribution in [2.45, 2.75) is 38.1 Å². The zero-order chi connectivity index (χ0) is 42.6. The third-order valence-corrected chi connectivity index (χ3v) is 12.5. The van der Waals surface area contributed by atoms with Crippen LogP contribution >= 0.6 is 0 Å². The Balaban J connectivity index is 1.44. The highest BCUT2D eigenvalue weighted by atomic mass is 32.3. The molecule has 4 aromatic carbocycles. The first kappa shape index (κ1) is 43.9. The summed E-state index contributed by atoms with van der Waals surface area (Å²) in [6, 6.07) is 23.7. The smallest absolute Gasteiger partial charge is 0.486 e. The van der Waals surface area contributed by atoms with Crippen molar-refractivity contribution in [3.63, 3.8) is 0 Å². The number of hydrogen-bond donors (Lipinski definition) is 1. The summed E-state index contributed by atoms with van der Waals surface area (Å²) in [6.07, 6.45) is 4.03. The average Bonchev–Trinajstić information content (AvgIpc) is 3.18. The van der Waals surface area contributed by atoms with Gasteiger partial charge in [0.1, 0.15) is 6.61 Å². The second kappa shape index (κ2) is 17.7. The largest absolute Gasteiger partial charge is 0.512 e. The molecule has 0 amide bonds. The molecule has 18 heteroatoms. The number of aliphatic imine (C=N–C) groups is 1. The quantitative estimate of drug-likeness (QED) is 0.0945. The number of hydrogen-bond acceptors (Lipinski definition) is 8. The van der Waals surface area contributed by atoms with Crippen molar-refractivity contribution < 1.29 is 52.3 Å². The lowest BCUT2D eigenvalue weighted by atomic mass is 9.83. The van der Waals surface area contributed by atoms with E-state index in [1.54, 1.807) is 11.8 Å². The van der Waals surface area contributed by atoms with E-state index < -0.39 is 66.1 Å². The molecular weight excluding hydrogens is 814 g/mol. The number of nitrogens with zero attached hydrogens (tertiary/aromatic N) is 3. The number of fused-ring (bicyclic) bond motifs is 1. The molecular formula is C40H39F7N4O5S2. The van der Waals surface area contributed by atoms with Gasteiger partial charge in [-0.3, -0.25) is 4.99 Å². The lowest BCUT2D eigenvalue weighted by Crippen LogP contribution is -2.41. The van der Waals surface area contributed by atoms with E-state index in [9.17, 15) is 47.6 Å². The molecule has 58 heavy (non-hydrogen) atoms. The van der Waals surface area contributed by atoms with Crippen LogP contribution in [0.3, 0.4) is 0 Å². The molecule has 0 fully saturated rings. The van der Waals surface area contributed by atoms with Gasteiger partial charge in [-0.1, -0.05) is 58.7 Å². The van der Waals surface area contributed by atoms with Crippen molar-refractivity contribution in [1.29, 1.82) is 0 Å². The lowest BCUT2D eigenvalue weighted by molar-refractivity contribution is -0.0441. The maximum atomic E-state index is 14.9. The standard InChI is InChI=1S/C40H39F7N4O5S2/c1-5-48-32-22-21-31(29-11-9-10-12-30(29)32)33(25-13-17-27(18-14-25)50(6-2)7-3)26-15-19-28(20-16-26)51(8-4)23-24-56-38-34(41)36(43)39(37(44)35(38)42)57(52,53)49-58(54,55)40(45,46)47/h9-22,49H,5-8,23-24H2,1-4H3/b33-31-,48-32?. The van der Waals surface area contributed by atoms with Crippen LogP contribution in [-0.4, -0.2) is 67.4 Å². The monoisotopic (exact) mass is 852 g/mol. The molecule has 0 unspecified atom stereocenters. The maximum absolute atomic E-state index is 14.9. The van der Waals surface area contributed by atoms with Gasteiger partial charge in [0.25, 0.3) is 10.0 Å². The van der Waals surface area contributed by atoms with E-state index in [1.807, 2.05) is 67.6 Å². The Bertz CT molecular complexity index is 2440. The number of benzene rings is 4. The fourth-order valence-corrected chi connectivity index (χ4v) is 8.99. The van der Waals surface area contributed by atoms with Crippen LogP contribution < -0.4 is 18.7 Å². The first-order valence-electron chi connectivity index (χ1n) is 18.0. The Kier molecular flexibility index (Phi) is 13.4. The molecule has 0 heterocycles. The first-order valence-corrected chi connectivity index (χ1v) is 21.0. The first-order chi connectivity index (χ1) is 27.4. The second-order valence-corrected chi connectivity index (χ2v) is 16.2. The third kappa shape index (κ3) is 8.93. The van der Waals surface area contributed by atoms with E-state index in [1.165, 1.54) is 0 Å². The third-order valence-electron chi connectivity index (χ3n) is 9.27. The van der Waals surface area contributed by atoms with Crippen molar-refractivity contribution in [3.8, 4) is 5.75 Å². The fraction of sp³-hybridized carbons (Fsp3) is 0.275. The Hall–Kier alpha value is -5.20. The molecule has 1 aliphatic carbocycles. The van der Waals surface area contributed by atoms with Crippen molar-refractivity contribution in [2.75, 3.05) is 49.1 Å². The van der Waals surface area contributed by atoms with E-state index in [0.717, 1.165) is 57.9 Å². The predicted molar refractivity (Wildman–Crippen MR) is 210 cm³/mol. The summed E-state index contributed by atoms with van der Waals surface area (Å²) in [5.41, 5.74) is 2.05. The van der Waals surface area contributed by atoms with Gasteiger partial charge in [0, 0.05) is 43.1 Å². The Morgan fingerprint density at radius 1 is 0.690 bits per heavy atom. The number of halogens is 7. The molecule has 5 rings (SSSR count). The van der Waals surface area contributed by atoms with Gasteiger partial charge in [-0.25, -0.2) is 25.6 Å². The van der Waals surface area contributed by atoms with Crippen LogP contribution in [0.25, 0.3) is 11.1 Å². The second-order valence-electron chi connectivity index (χ2n) is 12.7. The van der Waals surface area contributed by atoms with E-state index in [4.69, 9.17) is 4.74 Å². The van der Waals surface area contributed by atoms with Crippen molar-refractivity contribution in [3.05, 3.63) is 130 Å². The van der Waals surface area contributed by atoms with Crippen molar-refractivity contribution >= 4 is 48.3 Å². The Labute approximate surface area is 332 Å². The molecule has 0 spiro atoms. The Morgan fingerprint density at radius 3 is 1.67 bits per heavy atom. The van der Waals surface area contributed by atoms with Gasteiger partial charge in [-0.15, -0.1) is 0 Å². The fourth-order valence-electron chi connectivity index (χ4n) is 6.47. The summed E-state index contributed by atoms with van der Waals surface area (Å²) in [6.45, 7) is 9.81. The molecule has 0 atom stereocenters. The molecule has 1 aliphatic rings. The summed E-state index contributed by atoms with van der Waals surface area (Å²) in [5, 5.41) is 0. The maximum Gasteiger partial charge on any atom is 0.512 e. The normalized spacial score (nSPS) is 14.7. The molecule has 9 nitrogen and oxygen atoms in total. The van der Waals surface area contributed by atoms with Crippen LogP contribution in [0.15, 0.2) is 94.8 Å². The number of sulfonamides is 2. The van der Waals surface area contributed by atoms with Crippen LogP contribution in [0.2, 0.25) is 0 Å². The minimum absolute atomic E-state index is 0.0342. The van der Waals surface area contributed by atoms with Crippen LogP contribution in [0.1, 0.15) is 49.9 Å². The molecule has 310 valence electrons. The summed E-state index contributed by atoms with van der Waals surface area (Å²) in [5.74, 6) is -11.9. The molecule has 0 aromatic heterocycles. The highest BCUT2D eigenvalue weighted by Gasteiger charge is 2.50. The minimum Gasteiger partial charge on any atom is -0.486 e. The number of anilines is 2. The van der Waals surface area contributed by atoms with Gasteiger partial charge in [-0.2, -0.15) is 22.0 Å². The van der Waals surface area contributed by atoms with Crippen molar-refractivity contribution in [1.82, 2.24) is 4.13 Å². The summed E-state index contributed by atoms with van der Waals surface area (Å²) >= 11 is 0. The van der Waals surface area contributed by atoms with Gasteiger partial charge in [-0.05, 0) is 85.9 Å². The van der Waals surface area contributed by atoms with Gasteiger partial charge in [0.05, 0.1) is 12.3 Å². The molecule has 0 aliphatic heterocycles. The zero-order valence-corrected chi connectivity index (χ0v) is 33.3. The summed E-state index contributed by atoms with van der Waals surface area (Å²) in [7, 11) is -13.1. The van der Waals surface area contributed by atoms with E-state index in [0.29, 0.717) is 18.8 Å². The number of rotatable bonds is 15. The SMILES string of the molecule is CCN=C1C=C/C(=C(\c2ccc(N(CC)CC)cc2)c2ccc(N(CC)CCOc3c(F)c(F)c(S(=O)(=O)NS(=O)(=O)C(F)(F)F)c(F)c3F)cc2)c2ccccc21. The number of nitrogens with one attached hydrogen (secondary N) is 1. The van der Waals surface area contributed by atoms with E-state index in [2.05, 4.69) is 48.0 Å². The van der Waals surface area contributed by atoms with Crippen LogP contribution in [0, 0.1) is 23.3 Å². The number of allylic oxidation sites excluding steroid dienone is 3. The van der Waals surface area contributed by atoms with Gasteiger partial charge < -0.3 is 14.5 Å². The highest BCUT2D eigenvalue weighted by molar-refractivity contribution is 8.05. The number of alkyl halides is 3. The molecule has 4 aromatic rings. The minimum atomic E-state index is -6.74. The number of likely N-dealkylation sites (N-methyl/N-ethyl adjacent to an activating group) is 1. The highest BCUT2D eigenvalue weighted by Crippen LogP contribution is 2.39. The topological polar surface area (TPSA) is 108 Å². The molecule has 0 bridgehead atoms. The van der Waals surface area contributed by atoms with Crippen LogP contribution in [0.5, 0.6) is 5.75 Å². The lowest BCUT2D eigenvalue weighted by Gasteiger charge is -2.25. The Morgan fingerprint density at radius 2 is 1.19 bits per heavy atom. The van der Waals surface area contributed by atoms with E-state index in [-0.39, 0.29) is 10.7 Å². The van der Waals surface area contributed by atoms with E-state index >= 15 is 0 Å².